The van der Waals surface area contributed by atoms with Gasteiger partial charge in [-0.2, -0.15) is 0 Å². The van der Waals surface area contributed by atoms with Gasteiger partial charge in [-0.25, -0.2) is 0 Å². The van der Waals surface area contributed by atoms with E-state index in [-0.39, 0.29) is 11.8 Å². The fourth-order valence-electron chi connectivity index (χ4n) is 1.44. The molecule has 16 heavy (non-hydrogen) atoms. The summed E-state index contributed by atoms with van der Waals surface area (Å²) in [4.78, 5) is 0.990. The third-order valence-electron chi connectivity index (χ3n) is 2.24. The highest BCUT2D eigenvalue weighted by Crippen LogP contribution is 2.37. The molecule has 1 atom stereocenters. The van der Waals surface area contributed by atoms with Gasteiger partial charge in [0.05, 0.1) is 10.5 Å². The minimum atomic E-state index is -0.352. The maximum atomic E-state index is 9.91. The van der Waals surface area contributed by atoms with E-state index >= 15 is 0 Å². The summed E-state index contributed by atoms with van der Waals surface area (Å²) in [5.41, 5.74) is 6.70. The van der Waals surface area contributed by atoms with Crippen molar-refractivity contribution >= 4 is 38.9 Å². The molecule has 0 saturated carbocycles. The van der Waals surface area contributed by atoms with Crippen LogP contribution in [0.4, 0.5) is 0 Å². The third kappa shape index (κ3) is 2.25. The van der Waals surface area contributed by atoms with E-state index in [4.69, 9.17) is 17.3 Å². The number of hydrogen-bond donors (Lipinski definition) is 2. The number of thiophene rings is 1. The van der Waals surface area contributed by atoms with E-state index in [9.17, 15) is 5.11 Å². The molecule has 3 N–H and O–H groups in total. The molecule has 1 heterocycles. The molecule has 1 aromatic carbocycles. The van der Waals surface area contributed by atoms with Crippen LogP contribution in [0.15, 0.2) is 34.1 Å². The Labute approximate surface area is 111 Å². The minimum Gasteiger partial charge on any atom is -0.506 e. The first-order chi connectivity index (χ1) is 7.59. The van der Waals surface area contributed by atoms with E-state index in [1.165, 1.54) is 0 Å². The molecule has 0 radical (unpaired) electrons. The van der Waals surface area contributed by atoms with E-state index in [1.807, 2.05) is 17.5 Å². The van der Waals surface area contributed by atoms with Crippen molar-refractivity contribution in [2.45, 2.75) is 6.04 Å². The zero-order valence-electron chi connectivity index (χ0n) is 8.15. The quantitative estimate of drug-likeness (QED) is 0.881. The average molecular weight is 319 g/mol. The Hall–Kier alpha value is -0.550. The monoisotopic (exact) mass is 317 g/mol. The highest BCUT2D eigenvalue weighted by molar-refractivity contribution is 9.10. The number of phenols is 1. The van der Waals surface area contributed by atoms with Crippen LogP contribution >= 0.6 is 38.9 Å². The standard InChI is InChI=1S/C11H9BrClNOS/c12-8-5-6(13)4-7(11(8)15)10(14)9-2-1-3-16-9/h1-5,10,15H,14H2/t10-/m0/s1. The molecule has 0 aliphatic heterocycles. The Balaban J connectivity index is 2.48. The van der Waals surface area contributed by atoms with E-state index in [0.717, 1.165) is 4.88 Å². The Bertz CT molecular complexity index is 501. The van der Waals surface area contributed by atoms with Crippen molar-refractivity contribution in [2.24, 2.45) is 5.73 Å². The molecule has 0 bridgehead atoms. The van der Waals surface area contributed by atoms with Crippen molar-refractivity contribution in [1.82, 2.24) is 0 Å². The van der Waals surface area contributed by atoms with Gasteiger partial charge in [-0.3, -0.25) is 0 Å². The Morgan fingerprint density at radius 1 is 1.44 bits per heavy atom. The van der Waals surface area contributed by atoms with Crippen LogP contribution in [0.3, 0.4) is 0 Å². The molecule has 0 aliphatic carbocycles. The highest BCUT2D eigenvalue weighted by Gasteiger charge is 2.16. The maximum absolute atomic E-state index is 9.91. The van der Waals surface area contributed by atoms with Crippen LogP contribution in [0.25, 0.3) is 0 Å². The highest BCUT2D eigenvalue weighted by atomic mass is 79.9. The van der Waals surface area contributed by atoms with Gasteiger partial charge in [0.2, 0.25) is 0 Å². The van der Waals surface area contributed by atoms with Gasteiger partial charge >= 0.3 is 0 Å². The van der Waals surface area contributed by atoms with Crippen LogP contribution in [0, 0.1) is 0 Å². The summed E-state index contributed by atoms with van der Waals surface area (Å²) >= 11 is 10.7. The summed E-state index contributed by atoms with van der Waals surface area (Å²) in [6, 6.07) is 6.84. The first-order valence-electron chi connectivity index (χ1n) is 4.56. The second-order valence-corrected chi connectivity index (χ2v) is 5.59. The van der Waals surface area contributed by atoms with Crippen LogP contribution in [0.1, 0.15) is 16.5 Å². The van der Waals surface area contributed by atoms with Crippen molar-refractivity contribution < 1.29 is 5.11 Å². The molecule has 0 unspecified atom stereocenters. The van der Waals surface area contributed by atoms with E-state index in [2.05, 4.69) is 15.9 Å². The van der Waals surface area contributed by atoms with Gasteiger partial charge < -0.3 is 10.8 Å². The molecular weight excluding hydrogens is 310 g/mol. The number of rotatable bonds is 2. The largest absolute Gasteiger partial charge is 0.506 e. The van der Waals surface area contributed by atoms with Crippen LogP contribution in [-0.4, -0.2) is 5.11 Å². The molecule has 2 aromatic rings. The predicted octanol–water partition coefficient (Wildman–Crippen LogP) is 3.92. The lowest BCUT2D eigenvalue weighted by Gasteiger charge is -2.13. The first kappa shape index (κ1) is 11.9. The SMILES string of the molecule is N[C@H](c1cccs1)c1cc(Cl)cc(Br)c1O. The molecule has 2 rings (SSSR count). The van der Waals surface area contributed by atoms with Crippen LogP contribution < -0.4 is 5.73 Å². The van der Waals surface area contributed by atoms with Crippen molar-refractivity contribution in [2.75, 3.05) is 0 Å². The van der Waals surface area contributed by atoms with Gasteiger partial charge in [0.25, 0.3) is 0 Å². The summed E-state index contributed by atoms with van der Waals surface area (Å²) in [7, 11) is 0. The maximum Gasteiger partial charge on any atom is 0.135 e. The Kier molecular flexibility index (Phi) is 3.54. The van der Waals surface area contributed by atoms with Gasteiger partial charge in [-0.15, -0.1) is 11.3 Å². The van der Waals surface area contributed by atoms with E-state index < -0.39 is 0 Å². The van der Waals surface area contributed by atoms with Crippen molar-refractivity contribution in [1.29, 1.82) is 0 Å². The number of phenolic OH excluding ortho intramolecular Hbond substituents is 1. The third-order valence-corrected chi connectivity index (χ3v) is 4.02. The summed E-state index contributed by atoms with van der Waals surface area (Å²) in [5, 5.41) is 12.4. The lowest BCUT2D eigenvalue weighted by Crippen LogP contribution is -2.10. The molecular formula is C11H9BrClNOS. The summed E-state index contributed by atoms with van der Waals surface area (Å²) in [6.07, 6.45) is 0. The van der Waals surface area contributed by atoms with Crippen molar-refractivity contribution in [3.05, 3.63) is 49.6 Å². The lowest BCUT2D eigenvalue weighted by atomic mass is 10.1. The van der Waals surface area contributed by atoms with E-state index in [1.54, 1.807) is 23.5 Å². The predicted molar refractivity (Wildman–Crippen MR) is 71.2 cm³/mol. The number of aromatic hydroxyl groups is 1. The Morgan fingerprint density at radius 3 is 2.81 bits per heavy atom. The average Bonchev–Trinajstić information content (AvgIpc) is 2.75. The number of halogens is 2. The zero-order valence-corrected chi connectivity index (χ0v) is 11.3. The normalized spacial score (nSPS) is 12.7. The molecule has 0 amide bonds. The molecule has 2 nitrogen and oxygen atoms in total. The molecule has 84 valence electrons. The number of benzene rings is 1. The van der Waals surface area contributed by atoms with Crippen molar-refractivity contribution in [3.8, 4) is 5.75 Å². The van der Waals surface area contributed by atoms with Gasteiger partial charge in [-0.05, 0) is 39.5 Å². The zero-order chi connectivity index (χ0) is 11.7. The van der Waals surface area contributed by atoms with Crippen LogP contribution in [-0.2, 0) is 0 Å². The first-order valence-corrected chi connectivity index (χ1v) is 6.61. The summed E-state index contributed by atoms with van der Waals surface area (Å²) in [5.74, 6) is 0.144. The summed E-state index contributed by atoms with van der Waals surface area (Å²) < 4.78 is 0.557. The molecule has 0 saturated heterocycles. The molecule has 0 spiro atoms. The van der Waals surface area contributed by atoms with E-state index in [0.29, 0.717) is 15.1 Å². The second kappa shape index (κ2) is 4.75. The van der Waals surface area contributed by atoms with Crippen LogP contribution in [0.2, 0.25) is 5.02 Å². The smallest absolute Gasteiger partial charge is 0.135 e. The van der Waals surface area contributed by atoms with Gasteiger partial charge in [0, 0.05) is 15.5 Å². The van der Waals surface area contributed by atoms with Gasteiger partial charge in [0.15, 0.2) is 0 Å². The molecule has 0 fully saturated rings. The summed E-state index contributed by atoms with van der Waals surface area (Å²) in [6.45, 7) is 0. The fourth-order valence-corrected chi connectivity index (χ4v) is 3.02. The minimum absolute atomic E-state index is 0.144. The fraction of sp³-hybridized carbons (Fsp3) is 0.0909. The number of nitrogens with two attached hydrogens (primary N) is 1. The Morgan fingerprint density at radius 2 is 2.19 bits per heavy atom. The van der Waals surface area contributed by atoms with Gasteiger partial charge in [0.1, 0.15) is 5.75 Å². The topological polar surface area (TPSA) is 46.2 Å². The second-order valence-electron chi connectivity index (χ2n) is 3.32. The van der Waals surface area contributed by atoms with Gasteiger partial charge in [-0.1, -0.05) is 17.7 Å². The van der Waals surface area contributed by atoms with Crippen LogP contribution in [0.5, 0.6) is 5.75 Å². The molecule has 5 heteroatoms. The number of hydrogen-bond acceptors (Lipinski definition) is 3. The molecule has 0 aliphatic rings. The lowest BCUT2D eigenvalue weighted by molar-refractivity contribution is 0.462. The molecule has 1 aromatic heterocycles. The van der Waals surface area contributed by atoms with Crippen molar-refractivity contribution in [3.63, 3.8) is 0 Å².